The Balaban J connectivity index is 2.41. The third-order valence-corrected chi connectivity index (χ3v) is 3.16. The Hall–Kier alpha value is -1.35. The van der Waals surface area contributed by atoms with Crippen molar-refractivity contribution in [3.8, 4) is 0 Å². The van der Waals surface area contributed by atoms with Gasteiger partial charge in [0.2, 0.25) is 0 Å². The van der Waals surface area contributed by atoms with Gasteiger partial charge in [0.25, 0.3) is 0 Å². The second-order valence-electron chi connectivity index (χ2n) is 4.12. The van der Waals surface area contributed by atoms with Gasteiger partial charge in [-0.3, -0.25) is 0 Å². The van der Waals surface area contributed by atoms with Crippen molar-refractivity contribution >= 4 is 10.9 Å². The van der Waals surface area contributed by atoms with Crippen LogP contribution in [0.25, 0.3) is 10.9 Å². The fourth-order valence-electron chi connectivity index (χ4n) is 2.40. The van der Waals surface area contributed by atoms with Gasteiger partial charge in [-0.25, -0.2) is 4.39 Å². The van der Waals surface area contributed by atoms with Crippen LogP contribution in [0.1, 0.15) is 16.8 Å². The van der Waals surface area contributed by atoms with Crippen LogP contribution in [-0.4, -0.2) is 11.5 Å². The quantitative estimate of drug-likeness (QED) is 0.677. The van der Waals surface area contributed by atoms with Gasteiger partial charge < -0.3 is 10.3 Å². The van der Waals surface area contributed by atoms with Crippen molar-refractivity contribution in [3.63, 3.8) is 0 Å². The summed E-state index contributed by atoms with van der Waals surface area (Å²) < 4.78 is 13.6. The molecule has 2 N–H and O–H groups in total. The maximum absolute atomic E-state index is 13.6. The van der Waals surface area contributed by atoms with E-state index >= 15 is 0 Å². The minimum atomic E-state index is -0.148. The Labute approximate surface area is 87.5 Å². The van der Waals surface area contributed by atoms with Gasteiger partial charge in [0, 0.05) is 30.6 Å². The minimum Gasteiger partial charge on any atom is -0.356 e. The van der Waals surface area contributed by atoms with E-state index in [-0.39, 0.29) is 5.82 Å². The summed E-state index contributed by atoms with van der Waals surface area (Å²) in [6, 6.07) is 3.38. The van der Waals surface area contributed by atoms with Crippen molar-refractivity contribution in [1.82, 2.24) is 10.3 Å². The summed E-state index contributed by atoms with van der Waals surface area (Å²) in [7, 11) is 0. The number of fused-ring (bicyclic) bond motifs is 3. The zero-order valence-electron chi connectivity index (χ0n) is 8.65. The highest BCUT2D eigenvalue weighted by Gasteiger charge is 2.17. The van der Waals surface area contributed by atoms with Crippen LogP contribution < -0.4 is 5.32 Å². The predicted octanol–water partition coefficient (Wildman–Crippen LogP) is 2.26. The molecule has 0 fully saturated rings. The molecule has 0 spiro atoms. The first-order chi connectivity index (χ1) is 7.27. The first-order valence-corrected chi connectivity index (χ1v) is 5.26. The summed E-state index contributed by atoms with van der Waals surface area (Å²) >= 11 is 0. The van der Waals surface area contributed by atoms with Crippen molar-refractivity contribution < 1.29 is 4.39 Å². The Morgan fingerprint density at radius 2 is 2.20 bits per heavy atom. The van der Waals surface area contributed by atoms with Crippen LogP contribution in [0.3, 0.4) is 0 Å². The fourth-order valence-corrected chi connectivity index (χ4v) is 2.40. The molecule has 2 nitrogen and oxygen atoms in total. The zero-order valence-corrected chi connectivity index (χ0v) is 8.65. The molecule has 2 aromatic rings. The van der Waals surface area contributed by atoms with Crippen molar-refractivity contribution in [3.05, 3.63) is 34.8 Å². The highest BCUT2D eigenvalue weighted by molar-refractivity contribution is 5.88. The molecule has 0 bridgehead atoms. The molecule has 1 aliphatic heterocycles. The SMILES string of the molecule is Cc1ccc(F)c2[nH]c3c(c12)CNCC3. The Kier molecular flexibility index (Phi) is 1.83. The lowest BCUT2D eigenvalue weighted by molar-refractivity contribution is 0.633. The number of aryl methyl sites for hydroxylation is 1. The van der Waals surface area contributed by atoms with Gasteiger partial charge >= 0.3 is 0 Å². The summed E-state index contributed by atoms with van der Waals surface area (Å²) in [5.41, 5.74) is 4.25. The van der Waals surface area contributed by atoms with E-state index in [0.29, 0.717) is 5.52 Å². The highest BCUT2D eigenvalue weighted by Crippen LogP contribution is 2.29. The lowest BCUT2D eigenvalue weighted by Gasteiger charge is -2.13. The topological polar surface area (TPSA) is 27.8 Å². The Morgan fingerprint density at radius 1 is 1.33 bits per heavy atom. The summed E-state index contributed by atoms with van der Waals surface area (Å²) in [4.78, 5) is 3.21. The molecule has 1 aromatic carbocycles. The second kappa shape index (κ2) is 3.07. The van der Waals surface area contributed by atoms with E-state index in [0.717, 1.165) is 30.5 Å². The molecule has 0 amide bonds. The van der Waals surface area contributed by atoms with Gasteiger partial charge in [-0.15, -0.1) is 0 Å². The number of nitrogens with one attached hydrogen (secondary N) is 2. The van der Waals surface area contributed by atoms with E-state index in [4.69, 9.17) is 0 Å². The third kappa shape index (κ3) is 1.20. The van der Waals surface area contributed by atoms with E-state index < -0.39 is 0 Å². The van der Waals surface area contributed by atoms with Crippen molar-refractivity contribution in [2.24, 2.45) is 0 Å². The number of H-pyrrole nitrogens is 1. The first kappa shape index (κ1) is 8.92. The maximum atomic E-state index is 13.6. The van der Waals surface area contributed by atoms with Gasteiger partial charge in [0.15, 0.2) is 0 Å². The largest absolute Gasteiger partial charge is 0.356 e. The average Bonchev–Trinajstić information content (AvgIpc) is 2.64. The van der Waals surface area contributed by atoms with Crippen LogP contribution in [0.5, 0.6) is 0 Å². The number of hydrogen-bond donors (Lipinski definition) is 2. The van der Waals surface area contributed by atoms with Crippen LogP contribution in [0.4, 0.5) is 4.39 Å². The monoisotopic (exact) mass is 204 g/mol. The molecule has 0 saturated carbocycles. The highest BCUT2D eigenvalue weighted by atomic mass is 19.1. The molecule has 1 aliphatic rings. The minimum absolute atomic E-state index is 0.148. The molecule has 0 atom stereocenters. The molecule has 2 heterocycles. The number of hydrogen-bond acceptors (Lipinski definition) is 1. The molecule has 78 valence electrons. The van der Waals surface area contributed by atoms with Gasteiger partial charge in [-0.05, 0) is 24.1 Å². The fraction of sp³-hybridized carbons (Fsp3) is 0.333. The van der Waals surface area contributed by atoms with Crippen LogP contribution in [0, 0.1) is 12.7 Å². The van der Waals surface area contributed by atoms with Crippen LogP contribution in [-0.2, 0) is 13.0 Å². The molecule has 0 radical (unpaired) electrons. The smallest absolute Gasteiger partial charge is 0.147 e. The lowest BCUT2D eigenvalue weighted by Crippen LogP contribution is -2.22. The normalized spacial score (nSPS) is 15.6. The zero-order chi connectivity index (χ0) is 10.4. The molecular formula is C12H13FN2. The predicted molar refractivity (Wildman–Crippen MR) is 58.4 cm³/mol. The van der Waals surface area contributed by atoms with Crippen LogP contribution >= 0.6 is 0 Å². The summed E-state index contributed by atoms with van der Waals surface area (Å²) in [6.07, 6.45) is 0.961. The molecule has 1 aromatic heterocycles. The van der Waals surface area contributed by atoms with Crippen molar-refractivity contribution in [2.45, 2.75) is 19.9 Å². The number of aromatic amines is 1. The molecule has 3 rings (SSSR count). The van der Waals surface area contributed by atoms with Crippen molar-refractivity contribution in [1.29, 1.82) is 0 Å². The number of rotatable bonds is 0. The lowest BCUT2D eigenvalue weighted by atomic mass is 10.0. The van der Waals surface area contributed by atoms with Crippen LogP contribution in [0.15, 0.2) is 12.1 Å². The van der Waals surface area contributed by atoms with Crippen LogP contribution in [0.2, 0.25) is 0 Å². The van der Waals surface area contributed by atoms with E-state index in [1.807, 2.05) is 13.0 Å². The molecule has 3 heteroatoms. The average molecular weight is 204 g/mol. The molecule has 0 aliphatic carbocycles. The molecule has 0 saturated heterocycles. The molecular weight excluding hydrogens is 191 g/mol. The molecule has 15 heavy (non-hydrogen) atoms. The van der Waals surface area contributed by atoms with Gasteiger partial charge in [-0.2, -0.15) is 0 Å². The number of halogens is 1. The van der Waals surface area contributed by atoms with E-state index in [1.54, 1.807) is 0 Å². The number of benzene rings is 1. The maximum Gasteiger partial charge on any atom is 0.147 e. The Morgan fingerprint density at radius 3 is 3.07 bits per heavy atom. The molecule has 0 unspecified atom stereocenters. The summed E-state index contributed by atoms with van der Waals surface area (Å²) in [5.74, 6) is -0.148. The van der Waals surface area contributed by atoms with Gasteiger partial charge in [0.1, 0.15) is 5.82 Å². The van der Waals surface area contributed by atoms with Crippen molar-refractivity contribution in [2.75, 3.05) is 6.54 Å². The van der Waals surface area contributed by atoms with E-state index in [2.05, 4.69) is 10.3 Å². The summed E-state index contributed by atoms with van der Waals surface area (Å²) in [6.45, 7) is 3.85. The Bertz CT molecular complexity index is 528. The van der Waals surface area contributed by atoms with E-state index in [1.165, 1.54) is 17.3 Å². The van der Waals surface area contributed by atoms with Gasteiger partial charge in [-0.1, -0.05) is 6.07 Å². The van der Waals surface area contributed by atoms with Gasteiger partial charge in [0.05, 0.1) is 5.52 Å². The van der Waals surface area contributed by atoms with E-state index in [9.17, 15) is 4.39 Å². The summed E-state index contributed by atoms with van der Waals surface area (Å²) in [5, 5.41) is 4.39. The second-order valence-corrected chi connectivity index (χ2v) is 4.12. The first-order valence-electron chi connectivity index (χ1n) is 5.26. The number of aromatic nitrogens is 1. The third-order valence-electron chi connectivity index (χ3n) is 3.16. The standard InChI is InChI=1S/C12H13FN2/c1-7-2-3-9(13)12-11(7)8-6-14-5-4-10(8)15-12/h2-3,14-15H,4-6H2,1H3.